The van der Waals surface area contributed by atoms with E-state index in [1.165, 1.54) is 23.9 Å². The summed E-state index contributed by atoms with van der Waals surface area (Å²) in [4.78, 5) is 4.32. The molecule has 0 saturated heterocycles. The zero-order valence-electron chi connectivity index (χ0n) is 10.7. The number of hydrogen-bond acceptors (Lipinski definition) is 3. The second-order valence-corrected chi connectivity index (χ2v) is 6.22. The van der Waals surface area contributed by atoms with E-state index in [9.17, 15) is 8.78 Å². The van der Waals surface area contributed by atoms with Crippen molar-refractivity contribution in [3.8, 4) is 0 Å². The molecule has 0 atom stereocenters. The van der Waals surface area contributed by atoms with E-state index in [0.717, 1.165) is 5.75 Å². The zero-order valence-corrected chi connectivity index (χ0v) is 11.5. The van der Waals surface area contributed by atoms with E-state index in [0.29, 0.717) is 17.3 Å². The summed E-state index contributed by atoms with van der Waals surface area (Å²) in [5, 5.41) is 3.34. The van der Waals surface area contributed by atoms with E-state index >= 15 is 0 Å². The van der Waals surface area contributed by atoms with Crippen LogP contribution >= 0.6 is 11.8 Å². The van der Waals surface area contributed by atoms with Crippen molar-refractivity contribution in [2.75, 3.05) is 17.6 Å². The highest BCUT2D eigenvalue weighted by Gasteiger charge is 2.24. The standard InChI is InChI=1S/C13H16F2N2S/c1-8-4-5-9(14)11(10(8)15)17-12-16-6-13(2,3)7-18-12/h4-5H,6-7H2,1-3H3,(H,16,17). The Bertz CT molecular complexity index is 498. The van der Waals surface area contributed by atoms with Gasteiger partial charge in [-0.3, -0.25) is 4.99 Å². The van der Waals surface area contributed by atoms with Gasteiger partial charge >= 0.3 is 0 Å². The molecule has 0 radical (unpaired) electrons. The van der Waals surface area contributed by atoms with E-state index in [4.69, 9.17) is 0 Å². The average Bonchev–Trinajstić information content (AvgIpc) is 2.32. The first kappa shape index (κ1) is 13.3. The number of benzene rings is 1. The van der Waals surface area contributed by atoms with E-state index in [2.05, 4.69) is 24.2 Å². The van der Waals surface area contributed by atoms with Gasteiger partial charge in [0.2, 0.25) is 0 Å². The van der Waals surface area contributed by atoms with Gasteiger partial charge in [0, 0.05) is 12.3 Å². The predicted molar refractivity (Wildman–Crippen MR) is 73.3 cm³/mol. The number of anilines is 1. The number of thioether (sulfide) groups is 1. The smallest absolute Gasteiger partial charge is 0.161 e. The number of nitrogens with one attached hydrogen (secondary N) is 1. The van der Waals surface area contributed by atoms with Crippen LogP contribution in [0.3, 0.4) is 0 Å². The number of nitrogens with zero attached hydrogens (tertiary/aromatic N) is 1. The number of amidine groups is 1. The Morgan fingerprint density at radius 1 is 1.33 bits per heavy atom. The molecule has 0 aliphatic carbocycles. The van der Waals surface area contributed by atoms with E-state index < -0.39 is 11.6 Å². The molecule has 98 valence electrons. The molecule has 1 N–H and O–H groups in total. The van der Waals surface area contributed by atoms with Gasteiger partial charge < -0.3 is 5.32 Å². The van der Waals surface area contributed by atoms with Crippen LogP contribution in [0.25, 0.3) is 0 Å². The molecule has 0 saturated carbocycles. The Hall–Kier alpha value is -1.10. The minimum atomic E-state index is -0.591. The number of hydrogen-bond donors (Lipinski definition) is 1. The van der Waals surface area contributed by atoms with Crippen molar-refractivity contribution >= 4 is 22.6 Å². The quantitative estimate of drug-likeness (QED) is 0.839. The molecule has 18 heavy (non-hydrogen) atoms. The number of rotatable bonds is 1. The Morgan fingerprint density at radius 2 is 2.06 bits per heavy atom. The van der Waals surface area contributed by atoms with Gasteiger partial charge in [0.25, 0.3) is 0 Å². The van der Waals surface area contributed by atoms with Crippen LogP contribution in [0.2, 0.25) is 0 Å². The lowest BCUT2D eigenvalue weighted by Gasteiger charge is -2.27. The molecule has 5 heteroatoms. The fourth-order valence-corrected chi connectivity index (χ4v) is 2.54. The maximum Gasteiger partial charge on any atom is 0.161 e. The van der Waals surface area contributed by atoms with Crippen molar-refractivity contribution < 1.29 is 8.78 Å². The Kier molecular flexibility index (Phi) is 3.61. The van der Waals surface area contributed by atoms with Crippen molar-refractivity contribution in [3.63, 3.8) is 0 Å². The Labute approximate surface area is 110 Å². The van der Waals surface area contributed by atoms with Gasteiger partial charge in [-0.05, 0) is 24.0 Å². The third kappa shape index (κ3) is 2.83. The fourth-order valence-electron chi connectivity index (χ4n) is 1.59. The van der Waals surface area contributed by atoms with Crippen LogP contribution in [0.15, 0.2) is 17.1 Å². The van der Waals surface area contributed by atoms with Gasteiger partial charge in [-0.15, -0.1) is 0 Å². The molecule has 0 amide bonds. The molecule has 0 bridgehead atoms. The summed E-state index contributed by atoms with van der Waals surface area (Å²) >= 11 is 1.49. The van der Waals surface area contributed by atoms with Crippen LogP contribution in [0.1, 0.15) is 19.4 Å². The maximum atomic E-state index is 13.8. The molecule has 0 spiro atoms. The van der Waals surface area contributed by atoms with Crippen LogP contribution in [-0.4, -0.2) is 17.5 Å². The molecule has 2 nitrogen and oxygen atoms in total. The van der Waals surface area contributed by atoms with Crippen molar-refractivity contribution in [2.24, 2.45) is 10.4 Å². The molecule has 1 aliphatic heterocycles. The molecule has 1 aliphatic rings. The summed E-state index contributed by atoms with van der Waals surface area (Å²) < 4.78 is 27.4. The summed E-state index contributed by atoms with van der Waals surface area (Å²) in [5.74, 6) is -0.261. The summed E-state index contributed by atoms with van der Waals surface area (Å²) in [5.41, 5.74) is 0.445. The molecule has 0 aromatic heterocycles. The monoisotopic (exact) mass is 270 g/mol. The molecule has 1 aromatic rings. The normalized spacial score (nSPS) is 18.4. The van der Waals surface area contributed by atoms with Gasteiger partial charge in [-0.1, -0.05) is 31.7 Å². The van der Waals surface area contributed by atoms with Gasteiger partial charge in [0.05, 0.1) is 0 Å². The summed E-state index contributed by atoms with van der Waals surface area (Å²) in [6, 6.07) is 2.69. The van der Waals surface area contributed by atoms with Gasteiger partial charge in [0.15, 0.2) is 11.0 Å². The summed E-state index contributed by atoms with van der Waals surface area (Å²) in [6.45, 7) is 6.51. The van der Waals surface area contributed by atoms with Gasteiger partial charge in [-0.2, -0.15) is 0 Å². The lowest BCUT2D eigenvalue weighted by atomic mass is 9.97. The van der Waals surface area contributed by atoms with Crippen molar-refractivity contribution in [1.29, 1.82) is 0 Å². The molecule has 1 aromatic carbocycles. The lowest BCUT2D eigenvalue weighted by Crippen LogP contribution is -2.27. The van der Waals surface area contributed by atoms with Gasteiger partial charge in [-0.25, -0.2) is 8.78 Å². The second kappa shape index (κ2) is 4.88. The van der Waals surface area contributed by atoms with E-state index in [-0.39, 0.29) is 11.1 Å². The molecule has 0 fully saturated rings. The van der Waals surface area contributed by atoms with Crippen molar-refractivity contribution in [3.05, 3.63) is 29.3 Å². The minimum absolute atomic E-state index is 0.110. The first-order chi connectivity index (χ1) is 8.39. The van der Waals surface area contributed by atoms with Crippen LogP contribution in [0.4, 0.5) is 14.5 Å². The SMILES string of the molecule is Cc1ccc(F)c(NC2=NCC(C)(C)CS2)c1F. The largest absolute Gasteiger partial charge is 0.330 e. The lowest BCUT2D eigenvalue weighted by molar-refractivity contribution is 0.438. The van der Waals surface area contributed by atoms with Crippen molar-refractivity contribution in [1.82, 2.24) is 0 Å². The number of aliphatic imine (C=N–C) groups is 1. The summed E-state index contributed by atoms with van der Waals surface area (Å²) in [7, 11) is 0. The zero-order chi connectivity index (χ0) is 13.3. The molecular weight excluding hydrogens is 254 g/mol. The van der Waals surface area contributed by atoms with Crippen molar-refractivity contribution in [2.45, 2.75) is 20.8 Å². The molecular formula is C13H16F2N2S. The molecule has 0 unspecified atom stereocenters. The number of aryl methyl sites for hydroxylation is 1. The highest BCUT2D eigenvalue weighted by atomic mass is 32.2. The second-order valence-electron chi connectivity index (χ2n) is 5.25. The van der Waals surface area contributed by atoms with Crippen LogP contribution < -0.4 is 5.32 Å². The first-order valence-electron chi connectivity index (χ1n) is 5.78. The highest BCUT2D eigenvalue weighted by Crippen LogP contribution is 2.30. The predicted octanol–water partition coefficient (Wildman–Crippen LogP) is 3.81. The maximum absolute atomic E-state index is 13.8. The van der Waals surface area contributed by atoms with Crippen LogP contribution in [-0.2, 0) is 0 Å². The average molecular weight is 270 g/mol. The first-order valence-corrected chi connectivity index (χ1v) is 6.76. The van der Waals surface area contributed by atoms with Gasteiger partial charge in [0.1, 0.15) is 11.5 Å². The minimum Gasteiger partial charge on any atom is -0.330 e. The van der Waals surface area contributed by atoms with E-state index in [1.807, 2.05) is 0 Å². The third-order valence-corrected chi connectivity index (χ3v) is 4.20. The number of halogens is 2. The highest BCUT2D eigenvalue weighted by molar-refractivity contribution is 8.14. The topological polar surface area (TPSA) is 24.4 Å². The fraction of sp³-hybridized carbons (Fsp3) is 0.462. The molecule has 2 rings (SSSR count). The van der Waals surface area contributed by atoms with Crippen LogP contribution in [0.5, 0.6) is 0 Å². The van der Waals surface area contributed by atoms with E-state index in [1.54, 1.807) is 6.92 Å². The van der Waals surface area contributed by atoms with Crippen LogP contribution in [0, 0.1) is 24.0 Å². The third-order valence-electron chi connectivity index (χ3n) is 2.77. The Balaban J connectivity index is 2.21. The Morgan fingerprint density at radius 3 is 2.67 bits per heavy atom. The summed E-state index contributed by atoms with van der Waals surface area (Å²) in [6.07, 6.45) is 0. The molecule has 1 heterocycles.